The molecule has 1 aromatic carbocycles. The molecule has 1 unspecified atom stereocenters. The average Bonchev–Trinajstić information content (AvgIpc) is 2.36. The molecule has 94 valence electrons. The van der Waals surface area contributed by atoms with Crippen LogP contribution in [-0.2, 0) is 6.42 Å². The van der Waals surface area contributed by atoms with Crippen LogP contribution in [0.3, 0.4) is 0 Å². The highest BCUT2D eigenvalue weighted by atomic mass is 35.5. The summed E-state index contributed by atoms with van der Waals surface area (Å²) in [7, 11) is 0. The quantitative estimate of drug-likeness (QED) is 0.865. The van der Waals surface area contributed by atoms with E-state index >= 15 is 0 Å². The highest BCUT2D eigenvalue weighted by Gasteiger charge is 2.24. The predicted molar refractivity (Wildman–Crippen MR) is 65.8 cm³/mol. The molecule has 1 heterocycles. The summed E-state index contributed by atoms with van der Waals surface area (Å²) in [6.07, 6.45) is -0.0631. The molecule has 0 saturated heterocycles. The molecule has 1 atom stereocenters. The Kier molecular flexibility index (Phi) is 3.76. The van der Waals surface area contributed by atoms with Gasteiger partial charge in [0, 0.05) is 23.7 Å². The fraction of sp³-hybridized carbons (Fsp3) is 0.500. The van der Waals surface area contributed by atoms with Crippen LogP contribution in [0, 0.1) is 0 Å². The predicted octanol–water partition coefficient (Wildman–Crippen LogP) is 1.67. The van der Waals surface area contributed by atoms with E-state index < -0.39 is 6.10 Å². The van der Waals surface area contributed by atoms with Crippen molar-refractivity contribution < 1.29 is 14.6 Å². The molecule has 2 rings (SSSR count). The first-order valence-electron chi connectivity index (χ1n) is 5.68. The average molecular weight is 258 g/mol. The fourth-order valence-electron chi connectivity index (χ4n) is 2.06. The fourth-order valence-corrected chi connectivity index (χ4v) is 2.40. The molecule has 3 N–H and O–H groups in total. The van der Waals surface area contributed by atoms with Crippen molar-refractivity contribution in [2.75, 3.05) is 19.8 Å². The molecule has 1 aliphatic rings. The van der Waals surface area contributed by atoms with Gasteiger partial charge in [-0.05, 0) is 6.42 Å². The van der Waals surface area contributed by atoms with Gasteiger partial charge in [-0.25, -0.2) is 0 Å². The molecular weight excluding hydrogens is 242 g/mol. The minimum atomic E-state index is -0.770. The number of aliphatic hydroxyl groups excluding tert-OH is 1. The van der Waals surface area contributed by atoms with Crippen molar-refractivity contribution in [1.29, 1.82) is 0 Å². The molecule has 0 aromatic heterocycles. The van der Waals surface area contributed by atoms with Gasteiger partial charge < -0.3 is 20.3 Å². The van der Waals surface area contributed by atoms with Gasteiger partial charge in [0.1, 0.15) is 13.2 Å². The van der Waals surface area contributed by atoms with Crippen molar-refractivity contribution in [3.8, 4) is 11.5 Å². The van der Waals surface area contributed by atoms with Gasteiger partial charge in [-0.15, -0.1) is 0 Å². The molecule has 0 spiro atoms. The second kappa shape index (κ2) is 5.12. The van der Waals surface area contributed by atoms with E-state index in [0.717, 1.165) is 5.56 Å². The summed E-state index contributed by atoms with van der Waals surface area (Å²) in [6.45, 7) is 3.15. The van der Waals surface area contributed by atoms with Crippen molar-refractivity contribution in [3.05, 3.63) is 22.2 Å². The summed E-state index contributed by atoms with van der Waals surface area (Å²) in [5, 5.41) is 10.4. The van der Waals surface area contributed by atoms with Gasteiger partial charge in [0.25, 0.3) is 0 Å². The van der Waals surface area contributed by atoms with Gasteiger partial charge in [-0.2, -0.15) is 0 Å². The van der Waals surface area contributed by atoms with E-state index in [4.69, 9.17) is 26.8 Å². The minimum absolute atomic E-state index is 0.131. The lowest BCUT2D eigenvalue weighted by Gasteiger charge is -2.25. The molecule has 1 aromatic rings. The Hall–Kier alpha value is -0.970. The number of nitrogens with two attached hydrogens (primary N) is 1. The summed E-state index contributed by atoms with van der Waals surface area (Å²) in [6, 6.07) is 1.68. The molecule has 0 aliphatic carbocycles. The third kappa shape index (κ3) is 2.20. The Morgan fingerprint density at radius 2 is 2.18 bits per heavy atom. The highest BCUT2D eigenvalue weighted by Crippen LogP contribution is 2.42. The summed E-state index contributed by atoms with van der Waals surface area (Å²) in [5.74, 6) is 1.33. The molecule has 17 heavy (non-hydrogen) atoms. The smallest absolute Gasteiger partial charge is 0.165 e. The number of fused-ring (bicyclic) bond motifs is 1. The molecule has 0 radical (unpaired) electrons. The van der Waals surface area contributed by atoms with Crippen LogP contribution in [0.25, 0.3) is 0 Å². The number of benzene rings is 1. The second-order valence-electron chi connectivity index (χ2n) is 3.88. The highest BCUT2D eigenvalue weighted by molar-refractivity contribution is 6.31. The molecular formula is C12H16ClNO3. The van der Waals surface area contributed by atoms with Gasteiger partial charge in [0.05, 0.1) is 11.1 Å². The first kappa shape index (κ1) is 12.5. The molecule has 0 bridgehead atoms. The summed E-state index contributed by atoms with van der Waals surface area (Å²) in [5.41, 5.74) is 7.03. The van der Waals surface area contributed by atoms with E-state index in [1.165, 1.54) is 0 Å². The van der Waals surface area contributed by atoms with E-state index in [9.17, 15) is 5.11 Å². The van der Waals surface area contributed by atoms with E-state index in [2.05, 4.69) is 0 Å². The molecule has 4 nitrogen and oxygen atoms in total. The number of ether oxygens (including phenoxy) is 2. The van der Waals surface area contributed by atoms with E-state index in [1.54, 1.807) is 6.07 Å². The van der Waals surface area contributed by atoms with Gasteiger partial charge in [-0.3, -0.25) is 0 Å². The molecule has 0 fully saturated rings. The summed E-state index contributed by atoms with van der Waals surface area (Å²) in [4.78, 5) is 0. The first-order chi connectivity index (χ1) is 8.19. The number of hydrogen-bond donors (Lipinski definition) is 2. The Bertz CT molecular complexity index is 423. The van der Waals surface area contributed by atoms with Crippen LogP contribution in [0.4, 0.5) is 0 Å². The number of halogens is 1. The topological polar surface area (TPSA) is 64.7 Å². The van der Waals surface area contributed by atoms with E-state index in [-0.39, 0.29) is 6.54 Å². The van der Waals surface area contributed by atoms with Gasteiger partial charge >= 0.3 is 0 Å². The van der Waals surface area contributed by atoms with Crippen LogP contribution in [0.5, 0.6) is 11.5 Å². The minimum Gasteiger partial charge on any atom is -0.486 e. The van der Waals surface area contributed by atoms with Crippen molar-refractivity contribution in [2.45, 2.75) is 19.4 Å². The van der Waals surface area contributed by atoms with Crippen LogP contribution in [0.1, 0.15) is 24.2 Å². The molecule has 0 amide bonds. The normalized spacial score (nSPS) is 15.8. The summed E-state index contributed by atoms with van der Waals surface area (Å²) < 4.78 is 11.1. The van der Waals surface area contributed by atoms with Crippen LogP contribution < -0.4 is 15.2 Å². The van der Waals surface area contributed by atoms with Gasteiger partial charge in [0.2, 0.25) is 0 Å². The van der Waals surface area contributed by atoms with Gasteiger partial charge in [0.15, 0.2) is 11.5 Å². The van der Waals surface area contributed by atoms with Crippen molar-refractivity contribution >= 4 is 11.6 Å². The largest absolute Gasteiger partial charge is 0.486 e. The number of hydrogen-bond acceptors (Lipinski definition) is 4. The standard InChI is InChI=1S/C12H16ClNO3/c1-2-7-11(9(15)6-14)8(13)5-10-12(7)17-4-3-16-10/h5,9,15H,2-4,6,14H2,1H3. The Labute approximate surface area is 105 Å². The summed E-state index contributed by atoms with van der Waals surface area (Å²) >= 11 is 6.17. The number of rotatable bonds is 3. The second-order valence-corrected chi connectivity index (χ2v) is 4.29. The third-order valence-corrected chi connectivity index (χ3v) is 3.15. The zero-order chi connectivity index (χ0) is 12.4. The van der Waals surface area contributed by atoms with Crippen LogP contribution in [0.2, 0.25) is 5.02 Å². The number of aliphatic hydroxyl groups is 1. The third-order valence-electron chi connectivity index (χ3n) is 2.84. The van der Waals surface area contributed by atoms with Crippen LogP contribution in [-0.4, -0.2) is 24.9 Å². The lowest BCUT2D eigenvalue weighted by molar-refractivity contribution is 0.164. The Morgan fingerprint density at radius 1 is 1.47 bits per heavy atom. The zero-order valence-corrected chi connectivity index (χ0v) is 10.5. The SMILES string of the molecule is CCc1c2c(cc(Cl)c1C(O)CN)OCCO2. The zero-order valence-electron chi connectivity index (χ0n) is 9.70. The van der Waals surface area contributed by atoms with Gasteiger partial charge in [-0.1, -0.05) is 18.5 Å². The van der Waals surface area contributed by atoms with Crippen LogP contribution >= 0.6 is 11.6 Å². The van der Waals surface area contributed by atoms with E-state index in [1.807, 2.05) is 6.92 Å². The molecule has 1 aliphatic heterocycles. The Balaban J connectivity index is 2.58. The monoisotopic (exact) mass is 257 g/mol. The maximum atomic E-state index is 9.92. The Morgan fingerprint density at radius 3 is 2.82 bits per heavy atom. The lowest BCUT2D eigenvalue weighted by atomic mass is 9.98. The lowest BCUT2D eigenvalue weighted by Crippen LogP contribution is -2.20. The maximum absolute atomic E-state index is 9.92. The van der Waals surface area contributed by atoms with Crippen molar-refractivity contribution in [3.63, 3.8) is 0 Å². The van der Waals surface area contributed by atoms with Crippen molar-refractivity contribution in [1.82, 2.24) is 0 Å². The van der Waals surface area contributed by atoms with Crippen molar-refractivity contribution in [2.24, 2.45) is 5.73 Å². The van der Waals surface area contributed by atoms with E-state index in [0.29, 0.717) is 41.7 Å². The first-order valence-corrected chi connectivity index (χ1v) is 6.05. The van der Waals surface area contributed by atoms with Crippen LogP contribution in [0.15, 0.2) is 6.07 Å². The molecule has 0 saturated carbocycles. The molecule has 5 heteroatoms. The maximum Gasteiger partial charge on any atom is 0.165 e.